The van der Waals surface area contributed by atoms with E-state index >= 15 is 0 Å². The molecule has 1 aromatic carbocycles. The summed E-state index contributed by atoms with van der Waals surface area (Å²) in [4.78, 5) is 2.95. The van der Waals surface area contributed by atoms with Crippen LogP contribution in [-0.4, -0.2) is 51.5 Å². The molecule has 2 heterocycles. The number of H-pyrrole nitrogens is 1. The van der Waals surface area contributed by atoms with Gasteiger partial charge in [-0.15, -0.1) is 0 Å². The molecule has 6 nitrogen and oxygen atoms in total. The maximum Gasteiger partial charge on any atom is 0.229 e. The van der Waals surface area contributed by atoms with Crippen molar-refractivity contribution in [1.82, 2.24) is 4.98 Å². The van der Waals surface area contributed by atoms with E-state index in [0.29, 0.717) is 26.7 Å². The lowest BCUT2D eigenvalue weighted by molar-refractivity contribution is -0.115. The highest BCUT2D eigenvalue weighted by molar-refractivity contribution is 6.39. The topological polar surface area (TPSA) is 94.9 Å². The summed E-state index contributed by atoms with van der Waals surface area (Å²) in [6.07, 6.45) is -2.90. The van der Waals surface area contributed by atoms with Crippen molar-refractivity contribution < 1.29 is 24.8 Å². The Labute approximate surface area is 129 Å². The van der Waals surface area contributed by atoms with E-state index in [0.717, 1.165) is 0 Å². The van der Waals surface area contributed by atoms with E-state index in [1.54, 1.807) is 18.3 Å². The number of aliphatic hydroxyl groups excluding tert-OH is 3. The van der Waals surface area contributed by atoms with Crippen LogP contribution in [0.3, 0.4) is 0 Å². The first kappa shape index (κ1) is 14.9. The normalized spacial score (nSPS) is 29.2. The van der Waals surface area contributed by atoms with Gasteiger partial charge in [-0.1, -0.05) is 23.2 Å². The first-order valence-corrected chi connectivity index (χ1v) is 7.02. The lowest BCUT2D eigenvalue weighted by Crippen LogP contribution is -2.35. The standard InChI is InChI=1S/C13H13Cl2NO5/c14-5-1-6(15)10-7(2-5)16-3-8(10)20-13-12(19)11(18)9(4-17)21-13/h1-3,9,11-13,16-19H,4H2/t9-,11+,12?,13-/m1/s1. The van der Waals surface area contributed by atoms with Gasteiger partial charge in [0, 0.05) is 11.2 Å². The van der Waals surface area contributed by atoms with Gasteiger partial charge in [-0.2, -0.15) is 0 Å². The molecule has 1 aliphatic heterocycles. The number of benzene rings is 1. The minimum absolute atomic E-state index is 0.363. The van der Waals surface area contributed by atoms with Crippen LogP contribution in [0.25, 0.3) is 10.9 Å². The van der Waals surface area contributed by atoms with Gasteiger partial charge in [0.05, 0.1) is 22.5 Å². The third kappa shape index (κ3) is 2.59. The van der Waals surface area contributed by atoms with Gasteiger partial charge < -0.3 is 29.8 Å². The SMILES string of the molecule is OC[C@H]1O[C@@H](Oc2c[nH]c3cc(Cl)cc(Cl)c23)C(O)[C@H]1O. The zero-order valence-corrected chi connectivity index (χ0v) is 12.2. The molecule has 4 atom stereocenters. The van der Waals surface area contributed by atoms with Crippen LogP contribution < -0.4 is 4.74 Å². The van der Waals surface area contributed by atoms with Crippen molar-refractivity contribution in [2.75, 3.05) is 6.61 Å². The molecule has 4 N–H and O–H groups in total. The molecule has 8 heteroatoms. The predicted molar refractivity (Wildman–Crippen MR) is 76.7 cm³/mol. The molecule has 0 amide bonds. The van der Waals surface area contributed by atoms with Gasteiger partial charge in [-0.25, -0.2) is 0 Å². The number of aromatic amines is 1. The van der Waals surface area contributed by atoms with Crippen LogP contribution in [0.1, 0.15) is 0 Å². The van der Waals surface area contributed by atoms with E-state index in [1.807, 2.05) is 0 Å². The second kappa shape index (κ2) is 5.64. The third-order valence-corrected chi connectivity index (χ3v) is 3.92. The van der Waals surface area contributed by atoms with Gasteiger partial charge in [0.15, 0.2) is 0 Å². The molecule has 0 saturated carbocycles. The van der Waals surface area contributed by atoms with Gasteiger partial charge in [0.25, 0.3) is 0 Å². The average Bonchev–Trinajstić information content (AvgIpc) is 2.95. The van der Waals surface area contributed by atoms with Crippen molar-refractivity contribution in [1.29, 1.82) is 0 Å². The van der Waals surface area contributed by atoms with Gasteiger partial charge in [-0.05, 0) is 12.1 Å². The van der Waals surface area contributed by atoms with E-state index < -0.39 is 31.2 Å². The fraction of sp³-hybridized carbons (Fsp3) is 0.385. The molecule has 1 unspecified atom stereocenters. The van der Waals surface area contributed by atoms with Gasteiger partial charge in [-0.3, -0.25) is 0 Å². The smallest absolute Gasteiger partial charge is 0.229 e. The van der Waals surface area contributed by atoms with E-state index in [4.69, 9.17) is 37.8 Å². The molecule has 114 valence electrons. The zero-order valence-electron chi connectivity index (χ0n) is 10.7. The fourth-order valence-corrected chi connectivity index (χ4v) is 2.92. The Morgan fingerprint density at radius 1 is 1.24 bits per heavy atom. The molecule has 0 radical (unpaired) electrons. The summed E-state index contributed by atoms with van der Waals surface area (Å²) in [5, 5.41) is 30.1. The average molecular weight is 334 g/mol. The number of aliphatic hydroxyl groups is 3. The quantitative estimate of drug-likeness (QED) is 0.679. The summed E-state index contributed by atoms with van der Waals surface area (Å²) in [5.41, 5.74) is 0.675. The summed E-state index contributed by atoms with van der Waals surface area (Å²) in [5.74, 6) is 0.363. The van der Waals surface area contributed by atoms with E-state index in [9.17, 15) is 10.2 Å². The summed E-state index contributed by atoms with van der Waals surface area (Å²) in [6, 6.07) is 3.26. The molecular formula is C13H13Cl2NO5. The molecule has 1 saturated heterocycles. The second-order valence-corrected chi connectivity index (χ2v) is 5.63. The predicted octanol–water partition coefficient (Wildman–Crippen LogP) is 1.29. The highest BCUT2D eigenvalue weighted by Crippen LogP contribution is 2.36. The molecule has 0 spiro atoms. The third-order valence-electron chi connectivity index (χ3n) is 3.40. The zero-order chi connectivity index (χ0) is 15.1. The van der Waals surface area contributed by atoms with Crippen molar-refractivity contribution in [3.05, 3.63) is 28.4 Å². The minimum Gasteiger partial charge on any atom is -0.460 e. The number of halogens is 2. The first-order chi connectivity index (χ1) is 10.0. The molecule has 0 bridgehead atoms. The first-order valence-electron chi connectivity index (χ1n) is 6.26. The molecule has 2 aromatic rings. The number of hydrogen-bond donors (Lipinski definition) is 4. The number of hydrogen-bond acceptors (Lipinski definition) is 5. The highest BCUT2D eigenvalue weighted by atomic mass is 35.5. The summed E-state index contributed by atoms with van der Waals surface area (Å²) in [7, 11) is 0. The van der Waals surface area contributed by atoms with Crippen LogP contribution in [0.4, 0.5) is 0 Å². The van der Waals surface area contributed by atoms with Crippen LogP contribution in [-0.2, 0) is 4.74 Å². The Balaban J connectivity index is 1.89. The molecule has 1 fully saturated rings. The van der Waals surface area contributed by atoms with Gasteiger partial charge in [0.1, 0.15) is 24.1 Å². The van der Waals surface area contributed by atoms with Gasteiger partial charge >= 0.3 is 0 Å². The Hall–Kier alpha value is -1.02. The molecule has 1 aromatic heterocycles. The monoisotopic (exact) mass is 333 g/mol. The van der Waals surface area contributed by atoms with E-state index in [2.05, 4.69) is 4.98 Å². The lowest BCUT2D eigenvalue weighted by Gasteiger charge is -2.16. The molecule has 21 heavy (non-hydrogen) atoms. The van der Waals surface area contributed by atoms with Crippen molar-refractivity contribution in [2.45, 2.75) is 24.6 Å². The largest absolute Gasteiger partial charge is 0.460 e. The van der Waals surface area contributed by atoms with Crippen LogP contribution in [0.5, 0.6) is 5.75 Å². The summed E-state index contributed by atoms with van der Waals surface area (Å²) in [6.45, 7) is -0.414. The highest BCUT2D eigenvalue weighted by Gasteiger charge is 2.44. The van der Waals surface area contributed by atoms with E-state index in [-0.39, 0.29) is 0 Å². The Kier molecular flexibility index (Phi) is 4.00. The maximum atomic E-state index is 9.87. The number of ether oxygens (including phenoxy) is 2. The Bertz CT molecular complexity index is 661. The minimum atomic E-state index is -1.27. The van der Waals surface area contributed by atoms with Crippen LogP contribution in [0, 0.1) is 0 Å². The van der Waals surface area contributed by atoms with Crippen molar-refractivity contribution in [3.63, 3.8) is 0 Å². The lowest BCUT2D eigenvalue weighted by atomic mass is 10.1. The van der Waals surface area contributed by atoms with Crippen molar-refractivity contribution in [3.8, 4) is 5.75 Å². The number of nitrogens with one attached hydrogen (secondary N) is 1. The molecule has 3 rings (SSSR count). The number of fused-ring (bicyclic) bond motifs is 1. The summed E-state index contributed by atoms with van der Waals surface area (Å²) < 4.78 is 10.8. The maximum absolute atomic E-state index is 9.87. The molecular weight excluding hydrogens is 321 g/mol. The fourth-order valence-electron chi connectivity index (χ4n) is 2.33. The Morgan fingerprint density at radius 3 is 2.67 bits per heavy atom. The molecule has 0 aliphatic carbocycles. The van der Waals surface area contributed by atoms with Crippen LogP contribution >= 0.6 is 23.2 Å². The van der Waals surface area contributed by atoms with Crippen LogP contribution in [0.15, 0.2) is 18.3 Å². The van der Waals surface area contributed by atoms with E-state index in [1.165, 1.54) is 0 Å². The summed E-state index contributed by atoms with van der Waals surface area (Å²) >= 11 is 12.1. The van der Waals surface area contributed by atoms with Crippen LogP contribution in [0.2, 0.25) is 10.0 Å². The molecule has 1 aliphatic rings. The van der Waals surface area contributed by atoms with Crippen molar-refractivity contribution >= 4 is 34.1 Å². The second-order valence-electron chi connectivity index (χ2n) is 4.79. The number of rotatable bonds is 3. The Morgan fingerprint density at radius 2 is 2.00 bits per heavy atom. The van der Waals surface area contributed by atoms with Gasteiger partial charge in [0.2, 0.25) is 6.29 Å². The van der Waals surface area contributed by atoms with Crippen molar-refractivity contribution in [2.24, 2.45) is 0 Å². The number of aromatic nitrogens is 1.